The maximum Gasteiger partial charge on any atom is 0.115 e. The molecule has 0 aliphatic carbocycles. The first-order valence-corrected chi connectivity index (χ1v) is 5.95. The minimum Gasteiger partial charge on any atom is -0.508 e. The first kappa shape index (κ1) is 12.4. The van der Waals surface area contributed by atoms with Crippen molar-refractivity contribution in [3.63, 3.8) is 0 Å². The van der Waals surface area contributed by atoms with Crippen molar-refractivity contribution in [1.29, 1.82) is 0 Å². The molecule has 0 fully saturated rings. The van der Waals surface area contributed by atoms with Crippen LogP contribution in [0.1, 0.15) is 13.3 Å². The molecular formula is C11H18N2OS. The van der Waals surface area contributed by atoms with Gasteiger partial charge in [-0.25, -0.2) is 4.31 Å². The van der Waals surface area contributed by atoms with E-state index in [4.69, 9.17) is 10.8 Å². The Morgan fingerprint density at radius 2 is 2.00 bits per heavy atom. The lowest BCUT2D eigenvalue weighted by atomic mass is 10.3. The summed E-state index contributed by atoms with van der Waals surface area (Å²) in [6, 6.07) is 7.26. The average Bonchev–Trinajstić information content (AvgIpc) is 2.27. The number of rotatable bonds is 6. The second-order valence-electron chi connectivity index (χ2n) is 3.25. The Kier molecular flexibility index (Phi) is 5.53. The zero-order chi connectivity index (χ0) is 11.1. The van der Waals surface area contributed by atoms with Gasteiger partial charge >= 0.3 is 0 Å². The van der Waals surface area contributed by atoms with Gasteiger partial charge in [-0.1, -0.05) is 6.92 Å². The molecule has 0 saturated carbocycles. The summed E-state index contributed by atoms with van der Waals surface area (Å²) in [4.78, 5) is 1.15. The van der Waals surface area contributed by atoms with Crippen molar-refractivity contribution in [2.24, 2.45) is 5.73 Å². The smallest absolute Gasteiger partial charge is 0.115 e. The normalized spacial score (nSPS) is 10.9. The second-order valence-corrected chi connectivity index (χ2v) is 4.42. The SMILES string of the molecule is CCN(CCCN)Sc1ccc(O)cc1. The minimum absolute atomic E-state index is 0.310. The van der Waals surface area contributed by atoms with Crippen LogP contribution in [0.15, 0.2) is 29.2 Å². The summed E-state index contributed by atoms with van der Waals surface area (Å²) in [5, 5.41) is 9.15. The molecular weight excluding hydrogens is 208 g/mol. The molecule has 0 bridgehead atoms. The Labute approximate surface area is 95.4 Å². The molecule has 1 aromatic rings. The van der Waals surface area contributed by atoms with Gasteiger partial charge in [0.25, 0.3) is 0 Å². The Bertz CT molecular complexity index is 276. The van der Waals surface area contributed by atoms with Crippen molar-refractivity contribution in [3.05, 3.63) is 24.3 Å². The molecule has 3 nitrogen and oxygen atoms in total. The van der Waals surface area contributed by atoms with Crippen LogP contribution >= 0.6 is 11.9 Å². The number of hydrogen-bond donors (Lipinski definition) is 2. The Morgan fingerprint density at radius 1 is 1.33 bits per heavy atom. The zero-order valence-corrected chi connectivity index (χ0v) is 9.83. The molecule has 0 unspecified atom stereocenters. The maximum absolute atomic E-state index is 9.15. The minimum atomic E-state index is 0.310. The molecule has 0 heterocycles. The summed E-state index contributed by atoms with van der Waals surface area (Å²) in [6.45, 7) is 4.85. The summed E-state index contributed by atoms with van der Waals surface area (Å²) in [7, 11) is 0. The van der Waals surface area contributed by atoms with Crippen LogP contribution < -0.4 is 5.73 Å². The third-order valence-corrected chi connectivity index (χ3v) is 3.22. The van der Waals surface area contributed by atoms with Gasteiger partial charge in [0.05, 0.1) is 0 Å². The highest BCUT2D eigenvalue weighted by molar-refractivity contribution is 7.97. The Morgan fingerprint density at radius 3 is 2.53 bits per heavy atom. The van der Waals surface area contributed by atoms with E-state index < -0.39 is 0 Å². The van der Waals surface area contributed by atoms with Crippen LogP contribution in [0, 0.1) is 0 Å². The quantitative estimate of drug-likeness (QED) is 0.729. The van der Waals surface area contributed by atoms with Gasteiger partial charge in [0.2, 0.25) is 0 Å². The van der Waals surface area contributed by atoms with E-state index in [9.17, 15) is 0 Å². The maximum atomic E-state index is 9.15. The van der Waals surface area contributed by atoms with Gasteiger partial charge in [-0.3, -0.25) is 0 Å². The van der Waals surface area contributed by atoms with Gasteiger partial charge in [0.1, 0.15) is 5.75 Å². The predicted molar refractivity (Wildman–Crippen MR) is 64.9 cm³/mol. The van der Waals surface area contributed by atoms with Gasteiger partial charge in [-0.05, 0) is 49.2 Å². The third-order valence-electron chi connectivity index (χ3n) is 2.04. The van der Waals surface area contributed by atoms with E-state index in [0.717, 1.165) is 31.0 Å². The van der Waals surface area contributed by atoms with Crippen LogP contribution in [0.4, 0.5) is 0 Å². The van der Waals surface area contributed by atoms with E-state index in [0.29, 0.717) is 5.75 Å². The first-order chi connectivity index (χ1) is 7.26. The molecule has 4 heteroatoms. The van der Waals surface area contributed by atoms with Crippen LogP contribution in [0.25, 0.3) is 0 Å². The summed E-state index contributed by atoms with van der Waals surface area (Å²) in [5.74, 6) is 0.310. The number of nitrogens with zero attached hydrogens (tertiary/aromatic N) is 1. The monoisotopic (exact) mass is 226 g/mol. The average molecular weight is 226 g/mol. The summed E-state index contributed by atoms with van der Waals surface area (Å²) in [5.41, 5.74) is 5.48. The molecule has 1 rings (SSSR count). The van der Waals surface area contributed by atoms with Crippen LogP contribution in [0.2, 0.25) is 0 Å². The largest absolute Gasteiger partial charge is 0.508 e. The van der Waals surface area contributed by atoms with Crippen molar-refractivity contribution in [2.75, 3.05) is 19.6 Å². The molecule has 0 spiro atoms. The second kappa shape index (κ2) is 6.71. The van der Waals surface area contributed by atoms with E-state index >= 15 is 0 Å². The van der Waals surface area contributed by atoms with Crippen LogP contribution in [0.5, 0.6) is 5.75 Å². The fourth-order valence-corrected chi connectivity index (χ4v) is 2.10. The number of nitrogens with two attached hydrogens (primary N) is 1. The van der Waals surface area contributed by atoms with Crippen molar-refractivity contribution in [1.82, 2.24) is 4.31 Å². The number of phenolic OH excluding ortho intramolecular Hbond substituents is 1. The van der Waals surface area contributed by atoms with E-state index in [1.54, 1.807) is 24.1 Å². The standard InChI is InChI=1S/C11H18N2OS/c1-2-13(9-3-8-12)15-11-6-4-10(14)5-7-11/h4-7,14H,2-3,8-9,12H2,1H3. The number of aromatic hydroxyl groups is 1. The molecule has 0 aliphatic rings. The van der Waals surface area contributed by atoms with Crippen molar-refractivity contribution >= 4 is 11.9 Å². The van der Waals surface area contributed by atoms with Gasteiger partial charge in [-0.15, -0.1) is 0 Å². The van der Waals surface area contributed by atoms with E-state index in [-0.39, 0.29) is 0 Å². The molecule has 0 atom stereocenters. The van der Waals surface area contributed by atoms with Gasteiger partial charge < -0.3 is 10.8 Å². The number of hydrogen-bond acceptors (Lipinski definition) is 4. The highest BCUT2D eigenvalue weighted by Gasteiger charge is 2.03. The fourth-order valence-electron chi connectivity index (χ4n) is 1.19. The van der Waals surface area contributed by atoms with Gasteiger partial charge in [0, 0.05) is 18.0 Å². The fraction of sp³-hybridized carbons (Fsp3) is 0.455. The highest BCUT2D eigenvalue weighted by Crippen LogP contribution is 2.24. The van der Waals surface area contributed by atoms with Crippen molar-refractivity contribution in [3.8, 4) is 5.75 Å². The van der Waals surface area contributed by atoms with Gasteiger partial charge in [-0.2, -0.15) is 0 Å². The molecule has 0 amide bonds. The highest BCUT2D eigenvalue weighted by atomic mass is 32.2. The van der Waals surface area contributed by atoms with E-state index in [1.165, 1.54) is 0 Å². The molecule has 0 aromatic heterocycles. The molecule has 0 radical (unpaired) electrons. The van der Waals surface area contributed by atoms with Crippen molar-refractivity contribution < 1.29 is 5.11 Å². The topological polar surface area (TPSA) is 49.5 Å². The molecule has 0 saturated heterocycles. The predicted octanol–water partition coefficient (Wildman–Crippen LogP) is 2.07. The molecule has 3 N–H and O–H groups in total. The summed E-state index contributed by atoms with van der Waals surface area (Å²) in [6.07, 6.45) is 1.01. The first-order valence-electron chi connectivity index (χ1n) is 5.18. The van der Waals surface area contributed by atoms with E-state index in [1.807, 2.05) is 12.1 Å². The van der Waals surface area contributed by atoms with E-state index in [2.05, 4.69) is 11.2 Å². The van der Waals surface area contributed by atoms with Crippen LogP contribution in [-0.4, -0.2) is 29.0 Å². The Hall–Kier alpha value is -0.710. The van der Waals surface area contributed by atoms with Crippen LogP contribution in [0.3, 0.4) is 0 Å². The summed E-state index contributed by atoms with van der Waals surface area (Å²) >= 11 is 1.70. The molecule has 84 valence electrons. The van der Waals surface area contributed by atoms with Crippen molar-refractivity contribution in [2.45, 2.75) is 18.2 Å². The lowest BCUT2D eigenvalue weighted by Gasteiger charge is -2.18. The lowest BCUT2D eigenvalue weighted by Crippen LogP contribution is -2.18. The molecule has 15 heavy (non-hydrogen) atoms. The zero-order valence-electron chi connectivity index (χ0n) is 9.02. The summed E-state index contributed by atoms with van der Waals surface area (Å²) < 4.78 is 2.26. The molecule has 1 aromatic carbocycles. The third kappa shape index (κ3) is 4.55. The number of benzene rings is 1. The lowest BCUT2D eigenvalue weighted by molar-refractivity contribution is 0.474. The van der Waals surface area contributed by atoms with Crippen LogP contribution in [-0.2, 0) is 0 Å². The molecule has 0 aliphatic heterocycles. The number of phenols is 1. The Balaban J connectivity index is 2.47. The van der Waals surface area contributed by atoms with Gasteiger partial charge in [0.15, 0.2) is 0 Å².